The first-order chi connectivity index (χ1) is 10.7. The predicted octanol–water partition coefficient (Wildman–Crippen LogP) is 2.78. The second-order valence-corrected chi connectivity index (χ2v) is 5.06. The van der Waals surface area contributed by atoms with E-state index in [0.29, 0.717) is 5.84 Å². The van der Waals surface area contributed by atoms with Crippen LogP contribution in [0.15, 0.2) is 40.5 Å². The highest BCUT2D eigenvalue weighted by molar-refractivity contribution is 6.05. The predicted molar refractivity (Wildman–Crippen MR) is 80.5 cm³/mol. The molecule has 1 atom stereocenters. The van der Waals surface area contributed by atoms with Crippen LogP contribution in [0.5, 0.6) is 5.75 Å². The van der Waals surface area contributed by atoms with E-state index in [0.717, 1.165) is 28.0 Å². The highest BCUT2D eigenvalue weighted by atomic mass is 16.5. The molecule has 0 saturated carbocycles. The molecule has 4 heteroatoms. The Morgan fingerprint density at radius 1 is 1.40 bits per heavy atom. The number of hydrogen-bond donors (Lipinski definition) is 1. The van der Waals surface area contributed by atoms with Gasteiger partial charge in [0.15, 0.2) is 5.84 Å². The maximum atomic E-state index is 7.46. The first-order valence-corrected chi connectivity index (χ1v) is 6.45. The van der Waals surface area contributed by atoms with Crippen molar-refractivity contribution < 1.29 is 8.85 Å². The molecule has 0 aliphatic carbocycles. The lowest BCUT2D eigenvalue weighted by molar-refractivity contribution is 0.385. The molecule has 1 aromatic carbocycles. The van der Waals surface area contributed by atoms with Crippen LogP contribution in [0.2, 0.25) is 0 Å². The molecule has 0 aromatic heterocycles. The van der Waals surface area contributed by atoms with E-state index in [4.69, 9.17) is 14.7 Å². The molecule has 2 aliphatic heterocycles. The zero-order valence-electron chi connectivity index (χ0n) is 14.8. The zero-order chi connectivity index (χ0) is 16.9. The molecular formula is C16H19N3O. The van der Waals surface area contributed by atoms with Crippen LogP contribution in [0.4, 0.5) is 0 Å². The molecule has 3 rings (SSSR count). The second kappa shape index (κ2) is 4.49. The monoisotopic (exact) mass is 272 g/mol. The standard InChI is InChI=1S/C16H19N3O/c1-9-5-6-14(20-4)11(3)15(9)13-8-12-7-10(2)18-16(12)19(13)17/h5-8,13H,17H2,1-4H3/i2D3. The van der Waals surface area contributed by atoms with Gasteiger partial charge in [0.25, 0.3) is 0 Å². The molecule has 2 aliphatic rings. The van der Waals surface area contributed by atoms with Crippen molar-refractivity contribution in [3.05, 3.63) is 52.2 Å². The zero-order valence-corrected chi connectivity index (χ0v) is 11.8. The van der Waals surface area contributed by atoms with E-state index >= 15 is 0 Å². The molecular weight excluding hydrogens is 250 g/mol. The fourth-order valence-corrected chi connectivity index (χ4v) is 2.88. The largest absolute Gasteiger partial charge is 0.496 e. The van der Waals surface area contributed by atoms with E-state index in [1.165, 1.54) is 5.01 Å². The number of aliphatic imine (C=N–C) groups is 1. The smallest absolute Gasteiger partial charge is 0.150 e. The van der Waals surface area contributed by atoms with Crippen molar-refractivity contribution in [2.45, 2.75) is 26.7 Å². The number of nitrogens with two attached hydrogens (primary N) is 1. The summed E-state index contributed by atoms with van der Waals surface area (Å²) in [5.74, 6) is 7.53. The first-order valence-electron chi connectivity index (χ1n) is 7.95. The summed E-state index contributed by atoms with van der Waals surface area (Å²) < 4.78 is 27.8. The van der Waals surface area contributed by atoms with Crippen LogP contribution < -0.4 is 10.6 Å². The van der Waals surface area contributed by atoms with Crippen LogP contribution in [0.25, 0.3) is 0 Å². The van der Waals surface area contributed by atoms with Gasteiger partial charge in [-0.3, -0.25) is 5.01 Å². The van der Waals surface area contributed by atoms with E-state index in [1.807, 2.05) is 32.1 Å². The number of methoxy groups -OCH3 is 1. The van der Waals surface area contributed by atoms with Crippen molar-refractivity contribution >= 4 is 5.84 Å². The van der Waals surface area contributed by atoms with E-state index in [-0.39, 0.29) is 11.7 Å². The molecule has 0 saturated heterocycles. The number of hydrogen-bond acceptors (Lipinski definition) is 4. The van der Waals surface area contributed by atoms with Crippen LogP contribution >= 0.6 is 0 Å². The molecule has 1 unspecified atom stereocenters. The molecule has 2 heterocycles. The van der Waals surface area contributed by atoms with E-state index < -0.39 is 6.85 Å². The lowest BCUT2D eigenvalue weighted by Gasteiger charge is -2.25. The number of rotatable bonds is 2. The number of fused-ring (bicyclic) bond motifs is 1. The Labute approximate surface area is 123 Å². The molecule has 2 N–H and O–H groups in total. The van der Waals surface area contributed by atoms with Gasteiger partial charge in [0.2, 0.25) is 0 Å². The third-order valence-electron chi connectivity index (χ3n) is 3.86. The van der Waals surface area contributed by atoms with Gasteiger partial charge in [0, 0.05) is 15.4 Å². The van der Waals surface area contributed by atoms with Gasteiger partial charge in [-0.05, 0) is 55.6 Å². The van der Waals surface area contributed by atoms with Crippen LogP contribution in [-0.4, -0.2) is 18.0 Å². The number of hydrazine groups is 1. The van der Waals surface area contributed by atoms with E-state index in [9.17, 15) is 0 Å². The Morgan fingerprint density at radius 3 is 2.85 bits per heavy atom. The van der Waals surface area contributed by atoms with Gasteiger partial charge in [-0.2, -0.15) is 0 Å². The highest BCUT2D eigenvalue weighted by Gasteiger charge is 2.33. The number of ether oxygens (including phenoxy) is 1. The molecule has 0 bridgehead atoms. The molecule has 1 aromatic rings. The topological polar surface area (TPSA) is 50.9 Å². The van der Waals surface area contributed by atoms with Crippen LogP contribution in [0, 0.1) is 13.8 Å². The Morgan fingerprint density at radius 2 is 2.20 bits per heavy atom. The summed E-state index contributed by atoms with van der Waals surface area (Å²) in [7, 11) is 1.64. The van der Waals surface area contributed by atoms with Gasteiger partial charge in [-0.15, -0.1) is 0 Å². The van der Waals surface area contributed by atoms with Gasteiger partial charge in [0.1, 0.15) is 5.75 Å². The van der Waals surface area contributed by atoms with Crippen molar-refractivity contribution in [2.75, 3.05) is 7.11 Å². The maximum absolute atomic E-state index is 7.46. The average Bonchev–Trinajstić information content (AvgIpc) is 3.00. The van der Waals surface area contributed by atoms with Gasteiger partial charge >= 0.3 is 0 Å². The summed E-state index contributed by atoms with van der Waals surface area (Å²) in [5, 5.41) is 1.53. The fraction of sp³-hybridized carbons (Fsp3) is 0.312. The third-order valence-corrected chi connectivity index (χ3v) is 3.86. The highest BCUT2D eigenvalue weighted by Crippen LogP contribution is 2.38. The minimum absolute atomic E-state index is 0.0757. The second-order valence-electron chi connectivity index (χ2n) is 5.06. The Bertz CT molecular complexity index is 763. The number of nitrogens with zero attached hydrogens (tertiary/aromatic N) is 2. The van der Waals surface area contributed by atoms with Gasteiger partial charge < -0.3 is 4.74 Å². The molecule has 0 amide bonds. The maximum Gasteiger partial charge on any atom is 0.150 e. The summed E-state index contributed by atoms with van der Waals surface area (Å²) in [6, 6.07) is 3.74. The van der Waals surface area contributed by atoms with E-state index in [2.05, 4.69) is 4.99 Å². The molecule has 104 valence electrons. The Kier molecular flexibility index (Phi) is 2.19. The van der Waals surface area contributed by atoms with Crippen LogP contribution in [0.3, 0.4) is 0 Å². The molecule has 0 radical (unpaired) electrons. The summed E-state index contributed by atoms with van der Waals surface area (Å²) >= 11 is 0. The normalized spacial score (nSPS) is 23.4. The summed E-state index contributed by atoms with van der Waals surface area (Å²) in [4.78, 5) is 4.20. The average molecular weight is 272 g/mol. The number of aryl methyl sites for hydroxylation is 1. The number of benzene rings is 1. The molecule has 0 spiro atoms. The van der Waals surface area contributed by atoms with Crippen LogP contribution in [-0.2, 0) is 0 Å². The summed E-state index contributed by atoms with van der Waals surface area (Å²) in [6.07, 6.45) is 3.54. The molecule has 4 nitrogen and oxygen atoms in total. The van der Waals surface area contributed by atoms with Crippen molar-refractivity contribution in [1.29, 1.82) is 0 Å². The van der Waals surface area contributed by atoms with Gasteiger partial charge in [-0.25, -0.2) is 10.8 Å². The minimum Gasteiger partial charge on any atom is -0.496 e. The number of amidine groups is 1. The summed E-state index contributed by atoms with van der Waals surface area (Å²) in [5.41, 5.74) is 4.00. The van der Waals surface area contributed by atoms with Crippen LogP contribution in [0.1, 0.15) is 33.7 Å². The van der Waals surface area contributed by atoms with Gasteiger partial charge in [0.05, 0.1) is 13.2 Å². The van der Waals surface area contributed by atoms with E-state index in [1.54, 1.807) is 13.2 Å². The van der Waals surface area contributed by atoms with Crippen molar-refractivity contribution in [2.24, 2.45) is 10.8 Å². The lowest BCUT2D eigenvalue weighted by atomic mass is 9.95. The lowest BCUT2D eigenvalue weighted by Crippen LogP contribution is -2.36. The molecule has 0 fully saturated rings. The van der Waals surface area contributed by atoms with Crippen molar-refractivity contribution in [3.8, 4) is 5.75 Å². The Hall–Kier alpha value is -2.07. The van der Waals surface area contributed by atoms with Crippen molar-refractivity contribution in [1.82, 2.24) is 5.01 Å². The third kappa shape index (κ3) is 1.76. The fourth-order valence-electron chi connectivity index (χ4n) is 2.88. The SMILES string of the molecule is [2H]C([2H])([2H])C1=CC2=CC(c3c(C)ccc(OC)c3C)N(N)C2=N1. The minimum atomic E-state index is -2.23. The quantitative estimate of drug-likeness (QED) is 0.842. The number of allylic oxidation sites excluding steroid dienone is 1. The van der Waals surface area contributed by atoms with Crippen molar-refractivity contribution in [3.63, 3.8) is 0 Å². The van der Waals surface area contributed by atoms with Gasteiger partial charge in [-0.1, -0.05) is 6.07 Å². The summed E-state index contributed by atoms with van der Waals surface area (Å²) in [6.45, 7) is 1.79. The Balaban J connectivity index is 2.05. The molecule has 20 heavy (non-hydrogen) atoms. The first kappa shape index (κ1) is 9.77.